The van der Waals surface area contributed by atoms with Crippen molar-refractivity contribution >= 4 is 11.8 Å². The maximum absolute atomic E-state index is 5.61. The highest BCUT2D eigenvalue weighted by molar-refractivity contribution is 7.99. The van der Waals surface area contributed by atoms with Gasteiger partial charge in [-0.2, -0.15) is 11.8 Å². The molecule has 2 N–H and O–H groups in total. The van der Waals surface area contributed by atoms with Crippen LogP contribution in [-0.2, 0) is 6.42 Å². The molecule has 4 heteroatoms. The summed E-state index contributed by atoms with van der Waals surface area (Å²) in [6.07, 6.45) is 5.41. The van der Waals surface area contributed by atoms with E-state index in [0.29, 0.717) is 12.5 Å². The number of nitrogens with zero attached hydrogens (tertiary/aromatic N) is 1. The van der Waals surface area contributed by atoms with Crippen molar-refractivity contribution in [3.63, 3.8) is 0 Å². The lowest BCUT2D eigenvalue weighted by atomic mass is 10.0. The Bertz CT molecular complexity index is 321. The van der Waals surface area contributed by atoms with Crippen LogP contribution in [0, 0.1) is 5.92 Å². The van der Waals surface area contributed by atoms with Crippen molar-refractivity contribution in [3.8, 4) is 0 Å². The summed E-state index contributed by atoms with van der Waals surface area (Å²) in [6.45, 7) is 2.71. The van der Waals surface area contributed by atoms with Gasteiger partial charge in [-0.15, -0.1) is 0 Å². The Labute approximate surface area is 101 Å². The highest BCUT2D eigenvalue weighted by atomic mass is 32.2. The van der Waals surface area contributed by atoms with Crippen molar-refractivity contribution < 1.29 is 4.42 Å². The van der Waals surface area contributed by atoms with Gasteiger partial charge in [-0.1, -0.05) is 6.92 Å². The van der Waals surface area contributed by atoms with Gasteiger partial charge >= 0.3 is 0 Å². The van der Waals surface area contributed by atoms with E-state index in [2.05, 4.69) is 23.7 Å². The lowest BCUT2D eigenvalue weighted by Gasteiger charge is -2.19. The largest absolute Gasteiger partial charge is 0.449 e. The van der Waals surface area contributed by atoms with E-state index in [1.807, 2.05) is 0 Å². The second-order valence-electron chi connectivity index (χ2n) is 4.59. The Hall–Kier alpha value is -0.480. The van der Waals surface area contributed by atoms with E-state index < -0.39 is 0 Å². The zero-order chi connectivity index (χ0) is 11.4. The van der Waals surface area contributed by atoms with Crippen LogP contribution in [0.1, 0.15) is 37.3 Å². The fourth-order valence-electron chi connectivity index (χ4n) is 1.98. The fourth-order valence-corrected chi connectivity index (χ4v) is 3.14. The number of nitrogens with two attached hydrogens (primary N) is 1. The van der Waals surface area contributed by atoms with Crippen LogP contribution in [0.25, 0.3) is 0 Å². The van der Waals surface area contributed by atoms with Crippen molar-refractivity contribution in [3.05, 3.63) is 17.8 Å². The summed E-state index contributed by atoms with van der Waals surface area (Å²) in [5, 5.41) is 0. The average molecular weight is 240 g/mol. The molecule has 16 heavy (non-hydrogen) atoms. The third kappa shape index (κ3) is 3.01. The minimum atomic E-state index is 0.304. The summed E-state index contributed by atoms with van der Waals surface area (Å²) in [5.74, 6) is 4.52. The molecule has 1 aromatic rings. The molecule has 2 atom stereocenters. The first kappa shape index (κ1) is 12.0. The fraction of sp³-hybridized carbons (Fsp3) is 0.750. The predicted octanol–water partition coefficient (Wildman–Crippen LogP) is 2.42. The molecule has 1 aliphatic heterocycles. The molecule has 0 aliphatic carbocycles. The summed E-state index contributed by atoms with van der Waals surface area (Å²) < 4.78 is 5.51. The molecule has 1 aliphatic rings. The van der Waals surface area contributed by atoms with Crippen LogP contribution in [0.2, 0.25) is 0 Å². The SMILES string of the molecule is CC(CN)c1coc(CC2CCCSC2)n1. The Balaban J connectivity index is 1.91. The van der Waals surface area contributed by atoms with Crippen LogP contribution in [0.15, 0.2) is 10.7 Å². The van der Waals surface area contributed by atoms with Crippen molar-refractivity contribution in [2.24, 2.45) is 11.7 Å². The van der Waals surface area contributed by atoms with Gasteiger partial charge in [-0.25, -0.2) is 4.98 Å². The molecule has 0 radical (unpaired) electrons. The summed E-state index contributed by atoms with van der Waals surface area (Å²) in [7, 11) is 0. The van der Waals surface area contributed by atoms with Crippen LogP contribution < -0.4 is 5.73 Å². The molecule has 0 saturated carbocycles. The lowest BCUT2D eigenvalue weighted by molar-refractivity contribution is 0.426. The van der Waals surface area contributed by atoms with E-state index in [9.17, 15) is 0 Å². The molecule has 2 heterocycles. The molecule has 3 nitrogen and oxygen atoms in total. The number of oxazole rings is 1. The Kier molecular flexibility index (Phi) is 4.29. The zero-order valence-electron chi connectivity index (χ0n) is 9.82. The maximum atomic E-state index is 5.61. The normalized spacial score (nSPS) is 23.2. The van der Waals surface area contributed by atoms with Crippen LogP contribution in [-0.4, -0.2) is 23.0 Å². The van der Waals surface area contributed by atoms with Crippen LogP contribution in [0.4, 0.5) is 0 Å². The first-order valence-corrected chi connectivity index (χ1v) is 7.17. The number of hydrogen-bond acceptors (Lipinski definition) is 4. The van der Waals surface area contributed by atoms with E-state index in [1.54, 1.807) is 6.26 Å². The Morgan fingerprint density at radius 3 is 3.25 bits per heavy atom. The lowest BCUT2D eigenvalue weighted by Crippen LogP contribution is -2.13. The minimum Gasteiger partial charge on any atom is -0.449 e. The topological polar surface area (TPSA) is 52.0 Å². The number of aromatic nitrogens is 1. The summed E-state index contributed by atoms with van der Waals surface area (Å²) in [5.41, 5.74) is 6.61. The van der Waals surface area contributed by atoms with E-state index in [-0.39, 0.29) is 0 Å². The molecule has 0 bridgehead atoms. The minimum absolute atomic E-state index is 0.304. The molecular formula is C12H20N2OS. The van der Waals surface area contributed by atoms with Gasteiger partial charge in [0.1, 0.15) is 6.26 Å². The van der Waals surface area contributed by atoms with Crippen LogP contribution in [0.3, 0.4) is 0 Å². The van der Waals surface area contributed by atoms with Crippen molar-refractivity contribution in [1.82, 2.24) is 4.98 Å². The molecule has 2 rings (SSSR count). The van der Waals surface area contributed by atoms with E-state index in [1.165, 1.54) is 24.3 Å². The number of thioether (sulfide) groups is 1. The van der Waals surface area contributed by atoms with Crippen LogP contribution >= 0.6 is 11.8 Å². The van der Waals surface area contributed by atoms with Crippen molar-refractivity contribution in [2.75, 3.05) is 18.1 Å². The molecule has 1 aromatic heterocycles. The smallest absolute Gasteiger partial charge is 0.194 e. The summed E-state index contributed by atoms with van der Waals surface area (Å²) in [4.78, 5) is 4.52. The van der Waals surface area contributed by atoms with Crippen molar-refractivity contribution in [2.45, 2.75) is 32.1 Å². The van der Waals surface area contributed by atoms with Gasteiger partial charge in [0.2, 0.25) is 0 Å². The maximum Gasteiger partial charge on any atom is 0.194 e. The molecule has 0 spiro atoms. The highest BCUT2D eigenvalue weighted by Crippen LogP contribution is 2.26. The van der Waals surface area contributed by atoms with Crippen molar-refractivity contribution in [1.29, 1.82) is 0 Å². The first-order valence-electron chi connectivity index (χ1n) is 6.01. The summed E-state index contributed by atoms with van der Waals surface area (Å²) in [6, 6.07) is 0. The van der Waals surface area contributed by atoms with Gasteiger partial charge in [0.25, 0.3) is 0 Å². The molecule has 2 unspecified atom stereocenters. The van der Waals surface area contributed by atoms with E-state index in [0.717, 1.165) is 23.9 Å². The predicted molar refractivity (Wildman–Crippen MR) is 67.7 cm³/mol. The third-order valence-corrected chi connectivity index (χ3v) is 4.43. The first-order chi connectivity index (χ1) is 7.79. The van der Waals surface area contributed by atoms with E-state index in [4.69, 9.17) is 10.2 Å². The van der Waals surface area contributed by atoms with Gasteiger partial charge in [-0.05, 0) is 30.3 Å². The van der Waals surface area contributed by atoms with E-state index >= 15 is 0 Å². The highest BCUT2D eigenvalue weighted by Gasteiger charge is 2.18. The second-order valence-corrected chi connectivity index (χ2v) is 5.74. The monoisotopic (exact) mass is 240 g/mol. The average Bonchev–Trinajstić information content (AvgIpc) is 2.78. The zero-order valence-corrected chi connectivity index (χ0v) is 10.6. The summed E-state index contributed by atoms with van der Waals surface area (Å²) >= 11 is 2.05. The van der Waals surface area contributed by atoms with Gasteiger partial charge in [0.05, 0.1) is 5.69 Å². The second kappa shape index (κ2) is 5.73. The Morgan fingerprint density at radius 1 is 1.69 bits per heavy atom. The number of hydrogen-bond donors (Lipinski definition) is 1. The Morgan fingerprint density at radius 2 is 2.56 bits per heavy atom. The number of rotatable bonds is 4. The third-order valence-electron chi connectivity index (χ3n) is 3.15. The van der Waals surface area contributed by atoms with Gasteiger partial charge in [0.15, 0.2) is 5.89 Å². The van der Waals surface area contributed by atoms with Gasteiger partial charge < -0.3 is 10.2 Å². The molecule has 0 aromatic carbocycles. The van der Waals surface area contributed by atoms with Crippen LogP contribution in [0.5, 0.6) is 0 Å². The quantitative estimate of drug-likeness (QED) is 0.878. The van der Waals surface area contributed by atoms with Gasteiger partial charge in [-0.3, -0.25) is 0 Å². The van der Waals surface area contributed by atoms with Gasteiger partial charge in [0, 0.05) is 18.9 Å². The molecule has 90 valence electrons. The molecule has 1 fully saturated rings. The molecule has 0 amide bonds. The standard InChI is InChI=1S/C12H20N2OS/c1-9(6-13)11-7-15-12(14-11)5-10-3-2-4-16-8-10/h7,9-10H,2-6,8,13H2,1H3. The molecular weight excluding hydrogens is 220 g/mol. The molecule has 1 saturated heterocycles.